The quantitative estimate of drug-likeness (QED) is 0.471. The van der Waals surface area contributed by atoms with Crippen molar-refractivity contribution in [2.24, 2.45) is 11.7 Å². The summed E-state index contributed by atoms with van der Waals surface area (Å²) in [4.78, 5) is 46.9. The number of nitrogens with two attached hydrogens (primary N) is 1. The maximum atomic E-state index is 12.7. The van der Waals surface area contributed by atoms with Crippen molar-refractivity contribution in [3.8, 4) is 0 Å². The van der Waals surface area contributed by atoms with Crippen molar-refractivity contribution in [1.82, 2.24) is 14.5 Å². The normalized spacial score (nSPS) is 15.5. The highest BCUT2D eigenvalue weighted by atomic mass is 16.2. The standard InChI is InChI=1S/C24H27N7O3/c25-23(33)18-4-2-10-31(15-18)21-7-6-20(14-27-21)29-24(34)17-3-1-5-19(13-17)28-22(32)8-11-30-12-9-26-16-30/h1,3,5-7,9,12-14,16,18H,2,4,8,10-11,15H2,(H2,25,33)(H,28,32)(H,29,34). The molecular weight excluding hydrogens is 434 g/mol. The molecule has 4 N–H and O–H groups in total. The molecule has 1 fully saturated rings. The topological polar surface area (TPSA) is 135 Å². The zero-order chi connectivity index (χ0) is 23.9. The van der Waals surface area contributed by atoms with Gasteiger partial charge in [-0.3, -0.25) is 14.4 Å². The molecule has 2 aromatic heterocycles. The molecule has 0 saturated carbocycles. The van der Waals surface area contributed by atoms with Crippen LogP contribution in [0.1, 0.15) is 29.6 Å². The maximum absolute atomic E-state index is 12.7. The first-order valence-electron chi connectivity index (χ1n) is 11.2. The summed E-state index contributed by atoms with van der Waals surface area (Å²) in [6, 6.07) is 10.3. The fraction of sp³-hybridized carbons (Fsp3) is 0.292. The average Bonchev–Trinajstić information content (AvgIpc) is 3.37. The third-order valence-corrected chi connectivity index (χ3v) is 5.72. The zero-order valence-corrected chi connectivity index (χ0v) is 18.7. The van der Waals surface area contributed by atoms with Crippen LogP contribution in [0.3, 0.4) is 0 Å². The number of imidazole rings is 1. The number of primary amides is 1. The summed E-state index contributed by atoms with van der Waals surface area (Å²) in [5, 5.41) is 5.64. The van der Waals surface area contributed by atoms with Gasteiger partial charge < -0.3 is 25.8 Å². The summed E-state index contributed by atoms with van der Waals surface area (Å²) in [5.41, 5.74) is 6.96. The van der Waals surface area contributed by atoms with Crippen molar-refractivity contribution in [3.63, 3.8) is 0 Å². The Hall–Kier alpha value is -4.21. The molecule has 10 heteroatoms. The van der Waals surface area contributed by atoms with E-state index in [1.54, 1.807) is 55.2 Å². The summed E-state index contributed by atoms with van der Waals surface area (Å²) in [6.07, 6.45) is 8.67. The van der Waals surface area contributed by atoms with E-state index in [1.165, 1.54) is 0 Å². The molecule has 176 valence electrons. The molecule has 1 atom stereocenters. The molecule has 3 aromatic rings. The van der Waals surface area contributed by atoms with Gasteiger partial charge in [0, 0.05) is 49.7 Å². The van der Waals surface area contributed by atoms with Crippen LogP contribution in [0.25, 0.3) is 0 Å². The van der Waals surface area contributed by atoms with E-state index in [2.05, 4.69) is 20.6 Å². The lowest BCUT2D eigenvalue weighted by atomic mass is 9.97. The first kappa shape index (κ1) is 23.0. The second kappa shape index (κ2) is 10.6. The Morgan fingerprint density at radius 2 is 2.00 bits per heavy atom. The molecule has 10 nitrogen and oxygen atoms in total. The number of anilines is 3. The molecule has 1 aliphatic heterocycles. The van der Waals surface area contributed by atoms with Gasteiger partial charge in [-0.05, 0) is 43.2 Å². The number of piperidine rings is 1. The Morgan fingerprint density at radius 3 is 2.74 bits per heavy atom. The van der Waals surface area contributed by atoms with Crippen molar-refractivity contribution >= 4 is 34.9 Å². The van der Waals surface area contributed by atoms with Gasteiger partial charge >= 0.3 is 0 Å². The van der Waals surface area contributed by atoms with Gasteiger partial charge in [0.2, 0.25) is 11.8 Å². The Labute approximate surface area is 197 Å². The Kier molecular flexibility index (Phi) is 7.16. The van der Waals surface area contributed by atoms with Crippen LogP contribution in [0.4, 0.5) is 17.2 Å². The van der Waals surface area contributed by atoms with Crippen LogP contribution >= 0.6 is 0 Å². The van der Waals surface area contributed by atoms with E-state index in [0.717, 1.165) is 25.2 Å². The van der Waals surface area contributed by atoms with Crippen LogP contribution < -0.4 is 21.3 Å². The van der Waals surface area contributed by atoms with Crippen molar-refractivity contribution in [3.05, 3.63) is 66.9 Å². The minimum Gasteiger partial charge on any atom is -0.369 e. The largest absolute Gasteiger partial charge is 0.369 e. The first-order valence-corrected chi connectivity index (χ1v) is 11.2. The Morgan fingerprint density at radius 1 is 1.12 bits per heavy atom. The number of hydrogen-bond donors (Lipinski definition) is 3. The smallest absolute Gasteiger partial charge is 0.255 e. The number of nitrogens with one attached hydrogen (secondary N) is 2. The molecule has 1 unspecified atom stereocenters. The van der Waals surface area contributed by atoms with Gasteiger partial charge in [-0.15, -0.1) is 0 Å². The number of carbonyl (C=O) groups is 3. The number of aromatic nitrogens is 3. The number of pyridine rings is 1. The number of nitrogens with zero attached hydrogens (tertiary/aromatic N) is 4. The van der Waals surface area contributed by atoms with E-state index in [0.29, 0.717) is 36.4 Å². The van der Waals surface area contributed by atoms with E-state index in [1.807, 2.05) is 15.5 Å². The van der Waals surface area contributed by atoms with Crippen molar-refractivity contribution in [2.45, 2.75) is 25.8 Å². The lowest BCUT2D eigenvalue weighted by molar-refractivity contribution is -0.122. The molecular formula is C24H27N7O3. The van der Waals surface area contributed by atoms with Crippen LogP contribution in [-0.2, 0) is 16.1 Å². The third-order valence-electron chi connectivity index (χ3n) is 5.72. The summed E-state index contributed by atoms with van der Waals surface area (Å²) in [5.74, 6) is -0.179. The van der Waals surface area contributed by atoms with Crippen molar-refractivity contribution < 1.29 is 14.4 Å². The number of rotatable bonds is 8. The summed E-state index contributed by atoms with van der Waals surface area (Å²) >= 11 is 0. The van der Waals surface area contributed by atoms with Gasteiger partial charge in [0.1, 0.15) is 5.82 Å². The van der Waals surface area contributed by atoms with E-state index < -0.39 is 0 Å². The Bertz CT molecular complexity index is 1150. The highest BCUT2D eigenvalue weighted by Gasteiger charge is 2.24. The SMILES string of the molecule is NC(=O)C1CCCN(c2ccc(NC(=O)c3cccc(NC(=O)CCn4ccnc4)c3)cn2)C1. The van der Waals surface area contributed by atoms with E-state index >= 15 is 0 Å². The molecule has 0 spiro atoms. The van der Waals surface area contributed by atoms with Crippen LogP contribution in [0.5, 0.6) is 0 Å². The lowest BCUT2D eigenvalue weighted by Gasteiger charge is -2.32. The van der Waals surface area contributed by atoms with Gasteiger partial charge in [-0.1, -0.05) is 6.07 Å². The zero-order valence-electron chi connectivity index (χ0n) is 18.7. The van der Waals surface area contributed by atoms with Gasteiger partial charge in [-0.25, -0.2) is 9.97 Å². The second-order valence-corrected chi connectivity index (χ2v) is 8.23. The summed E-state index contributed by atoms with van der Waals surface area (Å²) < 4.78 is 1.82. The number of amides is 3. The maximum Gasteiger partial charge on any atom is 0.255 e. The van der Waals surface area contributed by atoms with E-state index in [-0.39, 0.29) is 23.6 Å². The molecule has 0 radical (unpaired) electrons. The minimum absolute atomic E-state index is 0.151. The first-order chi connectivity index (χ1) is 16.5. The van der Waals surface area contributed by atoms with Crippen molar-refractivity contribution in [2.75, 3.05) is 28.6 Å². The molecule has 1 aromatic carbocycles. The molecule has 0 bridgehead atoms. The molecule has 3 amide bonds. The number of aryl methyl sites for hydroxylation is 1. The Balaban J connectivity index is 1.32. The molecule has 1 aliphatic rings. The molecule has 34 heavy (non-hydrogen) atoms. The van der Waals surface area contributed by atoms with Crippen LogP contribution in [0, 0.1) is 5.92 Å². The lowest BCUT2D eigenvalue weighted by Crippen LogP contribution is -2.41. The minimum atomic E-state index is -0.309. The molecule has 1 saturated heterocycles. The summed E-state index contributed by atoms with van der Waals surface area (Å²) in [6.45, 7) is 1.88. The van der Waals surface area contributed by atoms with Gasteiger partial charge in [-0.2, -0.15) is 0 Å². The summed E-state index contributed by atoms with van der Waals surface area (Å²) in [7, 11) is 0. The number of carbonyl (C=O) groups excluding carboxylic acids is 3. The monoisotopic (exact) mass is 461 g/mol. The highest BCUT2D eigenvalue weighted by Crippen LogP contribution is 2.22. The fourth-order valence-electron chi connectivity index (χ4n) is 3.88. The fourth-order valence-corrected chi connectivity index (χ4v) is 3.88. The van der Waals surface area contributed by atoms with Crippen molar-refractivity contribution in [1.29, 1.82) is 0 Å². The van der Waals surface area contributed by atoms with Crippen LogP contribution in [0.2, 0.25) is 0 Å². The van der Waals surface area contributed by atoms with Gasteiger partial charge in [0.05, 0.1) is 24.1 Å². The number of hydrogen-bond acceptors (Lipinski definition) is 6. The van der Waals surface area contributed by atoms with Crippen LogP contribution in [-0.4, -0.2) is 45.3 Å². The number of benzene rings is 1. The van der Waals surface area contributed by atoms with Gasteiger partial charge in [0.15, 0.2) is 0 Å². The molecule has 0 aliphatic carbocycles. The van der Waals surface area contributed by atoms with E-state index in [9.17, 15) is 14.4 Å². The molecule has 3 heterocycles. The third kappa shape index (κ3) is 5.97. The van der Waals surface area contributed by atoms with Crippen LogP contribution in [0.15, 0.2) is 61.3 Å². The molecule has 4 rings (SSSR count). The highest BCUT2D eigenvalue weighted by molar-refractivity contribution is 6.05. The van der Waals surface area contributed by atoms with Gasteiger partial charge in [0.25, 0.3) is 5.91 Å². The van der Waals surface area contributed by atoms with E-state index in [4.69, 9.17) is 5.73 Å². The second-order valence-electron chi connectivity index (χ2n) is 8.23. The predicted octanol–water partition coefficient (Wildman–Crippen LogP) is 2.26. The predicted molar refractivity (Wildman–Crippen MR) is 128 cm³/mol. The average molecular weight is 462 g/mol.